The highest BCUT2D eigenvalue weighted by Gasteiger charge is 2.15. The van der Waals surface area contributed by atoms with Crippen molar-refractivity contribution in [2.45, 2.75) is 19.9 Å². The molecule has 0 spiro atoms. The van der Waals surface area contributed by atoms with Gasteiger partial charge in [0.2, 0.25) is 0 Å². The fourth-order valence-electron chi connectivity index (χ4n) is 8.22. The molecule has 0 atom stereocenters. The first-order valence-electron chi connectivity index (χ1n) is 22.8. The van der Waals surface area contributed by atoms with E-state index in [-0.39, 0.29) is 5.84 Å². The molecule has 332 valence electrons. The molecule has 68 heavy (non-hydrogen) atoms. The summed E-state index contributed by atoms with van der Waals surface area (Å²) in [4.78, 5) is 4.94. The number of aryl methyl sites for hydroxylation is 1. The van der Waals surface area contributed by atoms with Crippen molar-refractivity contribution in [3.05, 3.63) is 282 Å². The number of fused-ring (bicyclic) bond motifs is 2. The van der Waals surface area contributed by atoms with Gasteiger partial charge in [0.25, 0.3) is 0 Å². The van der Waals surface area contributed by atoms with E-state index >= 15 is 0 Å². The monoisotopic (exact) mass is 881 g/mol. The van der Waals surface area contributed by atoms with Crippen molar-refractivity contribution >= 4 is 38.9 Å². The first-order chi connectivity index (χ1) is 33.4. The van der Waals surface area contributed by atoms with Crippen molar-refractivity contribution in [1.29, 1.82) is 5.41 Å². The van der Waals surface area contributed by atoms with E-state index in [0.717, 1.165) is 34.4 Å². The summed E-state index contributed by atoms with van der Waals surface area (Å²) in [6, 6.07) is 83.8. The molecular formula is C63H55N5. The van der Waals surface area contributed by atoms with E-state index in [1.54, 1.807) is 0 Å². The Hall–Kier alpha value is -8.64. The van der Waals surface area contributed by atoms with E-state index in [2.05, 4.69) is 159 Å². The molecule has 0 unspecified atom stereocenters. The molecule has 0 amide bonds. The summed E-state index contributed by atoms with van der Waals surface area (Å²) < 4.78 is 0. The van der Waals surface area contributed by atoms with Gasteiger partial charge in [-0.15, -0.1) is 0 Å². The molecule has 0 saturated heterocycles. The predicted molar refractivity (Wildman–Crippen MR) is 290 cm³/mol. The molecule has 0 saturated carbocycles. The van der Waals surface area contributed by atoms with Gasteiger partial charge in [0.15, 0.2) is 0 Å². The second-order valence-electron chi connectivity index (χ2n) is 16.5. The lowest BCUT2D eigenvalue weighted by atomic mass is 9.88. The molecule has 7 N–H and O–H groups in total. The molecule has 0 radical (unpaired) electrons. The van der Waals surface area contributed by atoms with Gasteiger partial charge in [-0.05, 0) is 85.0 Å². The summed E-state index contributed by atoms with van der Waals surface area (Å²) in [5.74, 6) is 0.621. The topological polar surface area (TPSA) is 114 Å². The van der Waals surface area contributed by atoms with Crippen LogP contribution in [0.2, 0.25) is 0 Å². The lowest BCUT2D eigenvalue weighted by molar-refractivity contribution is 1.07. The largest absolute Gasteiger partial charge is 0.384 e. The standard InChI is InChI=1S/C49H38N2.C7H8N2.C7H9N/c1-34-20-23-36(24-21-34)40-29-31-46(44-18-10-8-16-42(40)44)47-32-30-41(43-17-9-11-19-45(43)47)37-25-27-38(28-26-37)48(33-22-35-12-4-2-5-13-35)51-49(50)39-14-6-3-7-15-39;8-7(9)6-4-2-1-3-5-6;8-6-7-4-2-1-3-5-7/h2-21,23-33H,22H2,1H3,(H2,50,51);1-5H,(H3,8,9);1-5H,6,8H2/b48-33-;;. The van der Waals surface area contributed by atoms with E-state index in [4.69, 9.17) is 27.6 Å². The van der Waals surface area contributed by atoms with E-state index in [1.165, 1.54) is 66.1 Å². The first-order valence-corrected chi connectivity index (χ1v) is 22.8. The van der Waals surface area contributed by atoms with Crippen LogP contribution in [0.5, 0.6) is 0 Å². The number of hydrogen-bond donors (Lipinski definition) is 4. The van der Waals surface area contributed by atoms with Crippen LogP contribution < -0.4 is 17.2 Å². The fourth-order valence-corrected chi connectivity index (χ4v) is 8.22. The minimum absolute atomic E-state index is 0.121. The SMILES string of the molecule is Cc1ccc(-c2ccc(-c3ccc(-c4ccc(/C(=C/Cc5ccccc5)N=C(N)c5ccccc5)cc4)c4ccccc34)c3ccccc23)cc1.N=C(N)c1ccccc1.NCc1ccccc1. The van der Waals surface area contributed by atoms with Gasteiger partial charge in [0, 0.05) is 17.7 Å². The Balaban J connectivity index is 0.000000308. The van der Waals surface area contributed by atoms with Gasteiger partial charge in [-0.2, -0.15) is 0 Å². The van der Waals surface area contributed by atoms with Crippen molar-refractivity contribution < 1.29 is 0 Å². The smallest absolute Gasteiger partial charge is 0.131 e. The number of benzene rings is 10. The van der Waals surface area contributed by atoms with Crippen molar-refractivity contribution in [1.82, 2.24) is 0 Å². The second-order valence-corrected chi connectivity index (χ2v) is 16.5. The number of nitrogens with one attached hydrogen (secondary N) is 1. The van der Waals surface area contributed by atoms with Crippen LogP contribution in [-0.2, 0) is 13.0 Å². The van der Waals surface area contributed by atoms with Gasteiger partial charge >= 0.3 is 0 Å². The van der Waals surface area contributed by atoms with Crippen LogP contribution in [-0.4, -0.2) is 11.7 Å². The second kappa shape index (κ2) is 22.5. The maximum atomic E-state index is 7.01. The highest BCUT2D eigenvalue weighted by atomic mass is 14.9. The zero-order chi connectivity index (χ0) is 47.1. The average Bonchev–Trinajstić information content (AvgIpc) is 3.41. The average molecular weight is 882 g/mol. The molecule has 10 aromatic rings. The van der Waals surface area contributed by atoms with Gasteiger partial charge in [-0.1, -0.05) is 254 Å². The molecule has 0 aliphatic rings. The highest BCUT2D eigenvalue weighted by Crippen LogP contribution is 2.41. The molecule has 0 heterocycles. The van der Waals surface area contributed by atoms with E-state index in [0.29, 0.717) is 12.4 Å². The van der Waals surface area contributed by atoms with Crippen LogP contribution in [0.3, 0.4) is 0 Å². The van der Waals surface area contributed by atoms with Crippen LogP contribution in [0.15, 0.2) is 254 Å². The molecule has 0 aromatic heterocycles. The Bertz CT molecular complexity index is 3290. The molecule has 0 aliphatic heterocycles. The Kier molecular flexibility index (Phi) is 15.2. The molecule has 10 rings (SSSR count). The Labute approximate surface area is 400 Å². The lowest BCUT2D eigenvalue weighted by Crippen LogP contribution is -2.13. The van der Waals surface area contributed by atoms with Crippen LogP contribution in [0.1, 0.15) is 33.4 Å². The molecule has 10 aromatic carbocycles. The molecule has 0 fully saturated rings. The van der Waals surface area contributed by atoms with Gasteiger partial charge in [0.1, 0.15) is 11.7 Å². The van der Waals surface area contributed by atoms with Gasteiger partial charge in [-0.3, -0.25) is 5.41 Å². The summed E-state index contributed by atoms with van der Waals surface area (Å²) in [5.41, 5.74) is 31.6. The number of nitrogen functional groups attached to an aromatic ring is 1. The third-order valence-electron chi connectivity index (χ3n) is 11.8. The van der Waals surface area contributed by atoms with Gasteiger partial charge in [0.05, 0.1) is 5.70 Å². The van der Waals surface area contributed by atoms with E-state index in [1.807, 2.05) is 97.1 Å². The molecule has 0 aliphatic carbocycles. The first kappa shape index (κ1) is 45.9. The fraction of sp³-hybridized carbons (Fsp3) is 0.0476. The minimum atomic E-state index is 0.121. The summed E-state index contributed by atoms with van der Waals surface area (Å²) in [6.07, 6.45) is 2.93. The summed E-state index contributed by atoms with van der Waals surface area (Å²) in [6.45, 7) is 2.77. The molecule has 5 heteroatoms. The maximum absolute atomic E-state index is 7.01. The molecule has 0 bridgehead atoms. The Morgan fingerprint density at radius 2 is 0.794 bits per heavy atom. The van der Waals surface area contributed by atoms with Crippen LogP contribution in [0.4, 0.5) is 0 Å². The molecular weight excluding hydrogens is 827 g/mol. The van der Waals surface area contributed by atoms with Crippen molar-refractivity contribution in [2.75, 3.05) is 0 Å². The Morgan fingerprint density at radius 3 is 1.22 bits per heavy atom. The normalized spacial score (nSPS) is 11.3. The predicted octanol–water partition coefficient (Wildman–Crippen LogP) is 14.4. The third-order valence-corrected chi connectivity index (χ3v) is 11.8. The van der Waals surface area contributed by atoms with Crippen molar-refractivity contribution in [2.24, 2.45) is 22.2 Å². The summed E-state index contributed by atoms with van der Waals surface area (Å²) in [5, 5.41) is 12.0. The quantitative estimate of drug-likeness (QED) is 0.0810. The zero-order valence-corrected chi connectivity index (χ0v) is 38.3. The number of aliphatic imine (C=N–C) groups is 1. The summed E-state index contributed by atoms with van der Waals surface area (Å²) in [7, 11) is 0. The zero-order valence-electron chi connectivity index (χ0n) is 38.3. The van der Waals surface area contributed by atoms with E-state index in [9.17, 15) is 0 Å². The van der Waals surface area contributed by atoms with Crippen molar-refractivity contribution in [3.63, 3.8) is 0 Å². The van der Waals surface area contributed by atoms with Crippen LogP contribution in [0.25, 0.3) is 60.6 Å². The number of nitrogens with two attached hydrogens (primary N) is 3. The number of allylic oxidation sites excluding steroid dienone is 1. The number of amidine groups is 2. The van der Waals surface area contributed by atoms with Crippen LogP contribution >= 0.6 is 0 Å². The maximum Gasteiger partial charge on any atom is 0.131 e. The third kappa shape index (κ3) is 11.4. The van der Waals surface area contributed by atoms with E-state index < -0.39 is 0 Å². The van der Waals surface area contributed by atoms with Gasteiger partial charge in [-0.25, -0.2) is 4.99 Å². The minimum Gasteiger partial charge on any atom is -0.384 e. The summed E-state index contributed by atoms with van der Waals surface area (Å²) >= 11 is 0. The highest BCUT2D eigenvalue weighted by molar-refractivity contribution is 6.12. The van der Waals surface area contributed by atoms with Crippen molar-refractivity contribution in [3.8, 4) is 33.4 Å². The number of hydrogen-bond acceptors (Lipinski definition) is 3. The lowest BCUT2D eigenvalue weighted by Gasteiger charge is -2.16. The number of nitrogens with zero attached hydrogens (tertiary/aromatic N) is 1. The van der Waals surface area contributed by atoms with Crippen LogP contribution in [0, 0.1) is 12.3 Å². The molecule has 5 nitrogen and oxygen atoms in total. The van der Waals surface area contributed by atoms with Gasteiger partial charge < -0.3 is 17.2 Å². The Morgan fingerprint density at radius 1 is 0.412 bits per heavy atom. The number of rotatable bonds is 10.